The van der Waals surface area contributed by atoms with Crippen molar-refractivity contribution in [2.45, 2.75) is 0 Å². The van der Waals surface area contributed by atoms with Crippen LogP contribution >= 0.6 is 0 Å². The van der Waals surface area contributed by atoms with Gasteiger partial charge in [0.25, 0.3) is 5.91 Å². The summed E-state index contributed by atoms with van der Waals surface area (Å²) in [6, 6.07) is 12.1. The summed E-state index contributed by atoms with van der Waals surface area (Å²) in [6.45, 7) is 0. The first-order valence-electron chi connectivity index (χ1n) is 6.65. The van der Waals surface area contributed by atoms with E-state index in [1.807, 2.05) is 43.3 Å². The van der Waals surface area contributed by atoms with Crippen molar-refractivity contribution in [3.05, 3.63) is 59.4 Å². The molecule has 2 aromatic carbocycles. The van der Waals surface area contributed by atoms with Gasteiger partial charge in [0.15, 0.2) is 0 Å². The van der Waals surface area contributed by atoms with E-state index < -0.39 is 0 Å². The minimum atomic E-state index is -0.348. The number of anilines is 2. The number of carbonyl (C=O) groups is 1. The van der Waals surface area contributed by atoms with Crippen LogP contribution in [0.2, 0.25) is 0 Å². The molecule has 106 valence electrons. The molecular weight excluding hydrogens is 267 g/mol. The topological polar surface area (TPSA) is 32.3 Å². The second-order valence-electron chi connectivity index (χ2n) is 5.19. The van der Waals surface area contributed by atoms with Crippen molar-refractivity contribution in [1.82, 2.24) is 0 Å². The lowest BCUT2D eigenvalue weighted by Gasteiger charge is -2.11. The monoisotopic (exact) mass is 282 g/mol. The highest BCUT2D eigenvalue weighted by molar-refractivity contribution is 6.34. The van der Waals surface area contributed by atoms with Crippen LogP contribution < -0.4 is 10.2 Å². The number of carbonyl (C=O) groups excluding carboxylic acids is 1. The van der Waals surface area contributed by atoms with Gasteiger partial charge in [-0.3, -0.25) is 4.79 Å². The highest BCUT2D eigenvalue weighted by Crippen LogP contribution is 2.33. The molecule has 1 heterocycles. The molecule has 0 unspecified atom stereocenters. The van der Waals surface area contributed by atoms with E-state index in [1.54, 1.807) is 12.1 Å². The Morgan fingerprint density at radius 1 is 1.10 bits per heavy atom. The average molecular weight is 282 g/mol. The molecule has 0 aliphatic carbocycles. The van der Waals surface area contributed by atoms with Crippen LogP contribution in [0.1, 0.15) is 11.1 Å². The van der Waals surface area contributed by atoms with E-state index in [0.29, 0.717) is 16.8 Å². The van der Waals surface area contributed by atoms with Gasteiger partial charge in [0, 0.05) is 36.6 Å². The summed E-state index contributed by atoms with van der Waals surface area (Å²) in [5, 5.41) is 2.74. The van der Waals surface area contributed by atoms with E-state index in [9.17, 15) is 9.18 Å². The summed E-state index contributed by atoms with van der Waals surface area (Å²) < 4.78 is 13.4. The molecule has 3 nitrogen and oxygen atoms in total. The van der Waals surface area contributed by atoms with Crippen LogP contribution in [0.3, 0.4) is 0 Å². The largest absolute Gasteiger partial charge is 0.378 e. The molecule has 0 fully saturated rings. The third-order valence-corrected chi connectivity index (χ3v) is 3.49. The molecule has 1 N–H and O–H groups in total. The van der Waals surface area contributed by atoms with Crippen LogP contribution in [-0.2, 0) is 4.79 Å². The maximum Gasteiger partial charge on any atom is 0.256 e. The number of rotatable bonds is 2. The van der Waals surface area contributed by atoms with E-state index >= 15 is 0 Å². The Morgan fingerprint density at radius 2 is 1.81 bits per heavy atom. The van der Waals surface area contributed by atoms with Crippen molar-refractivity contribution >= 4 is 28.9 Å². The van der Waals surface area contributed by atoms with E-state index in [1.165, 1.54) is 12.1 Å². The van der Waals surface area contributed by atoms with Crippen molar-refractivity contribution < 1.29 is 9.18 Å². The zero-order valence-corrected chi connectivity index (χ0v) is 11.9. The fourth-order valence-electron chi connectivity index (χ4n) is 2.34. The van der Waals surface area contributed by atoms with E-state index in [4.69, 9.17) is 0 Å². The van der Waals surface area contributed by atoms with Crippen molar-refractivity contribution in [3.63, 3.8) is 0 Å². The van der Waals surface area contributed by atoms with Gasteiger partial charge >= 0.3 is 0 Å². The number of nitrogens with zero attached hydrogens (tertiary/aromatic N) is 1. The van der Waals surface area contributed by atoms with Crippen LogP contribution in [-0.4, -0.2) is 20.0 Å². The number of amides is 1. The molecule has 1 aliphatic rings. The number of nitrogens with one attached hydrogen (secondary N) is 1. The Morgan fingerprint density at radius 3 is 2.48 bits per heavy atom. The Kier molecular flexibility index (Phi) is 3.22. The number of fused-ring (bicyclic) bond motifs is 1. The van der Waals surface area contributed by atoms with Crippen LogP contribution in [0.5, 0.6) is 0 Å². The second kappa shape index (κ2) is 5.05. The van der Waals surface area contributed by atoms with Gasteiger partial charge in [-0.05, 0) is 42.0 Å². The molecule has 0 saturated heterocycles. The van der Waals surface area contributed by atoms with Crippen LogP contribution in [0.4, 0.5) is 15.8 Å². The third kappa shape index (κ3) is 2.52. The number of hydrogen-bond acceptors (Lipinski definition) is 2. The van der Waals surface area contributed by atoms with Crippen molar-refractivity contribution in [2.75, 3.05) is 24.3 Å². The number of benzene rings is 2. The zero-order valence-electron chi connectivity index (χ0n) is 11.9. The summed E-state index contributed by atoms with van der Waals surface area (Å²) in [5.41, 5.74) is 3.73. The minimum Gasteiger partial charge on any atom is -0.378 e. The van der Waals surface area contributed by atoms with Gasteiger partial charge in [-0.2, -0.15) is 0 Å². The second-order valence-corrected chi connectivity index (χ2v) is 5.19. The van der Waals surface area contributed by atoms with Crippen molar-refractivity contribution in [3.8, 4) is 0 Å². The first-order valence-corrected chi connectivity index (χ1v) is 6.65. The first kappa shape index (κ1) is 13.4. The Labute approximate surface area is 122 Å². The van der Waals surface area contributed by atoms with Gasteiger partial charge in [0.2, 0.25) is 0 Å². The summed E-state index contributed by atoms with van der Waals surface area (Å²) in [4.78, 5) is 14.0. The summed E-state index contributed by atoms with van der Waals surface area (Å²) in [6.07, 6.45) is 1.78. The van der Waals surface area contributed by atoms with Gasteiger partial charge in [-0.15, -0.1) is 0 Å². The maximum atomic E-state index is 13.4. The standard InChI is InChI=1S/C17H15FN2O/c1-20(2)13-6-3-11(4-7-13)9-15-14-10-12(18)5-8-16(14)19-17(15)21/h3-10H,1-2H3,(H,19,21)/b15-9+. The lowest BCUT2D eigenvalue weighted by atomic mass is 10.0. The molecular formula is C17H15FN2O. The smallest absolute Gasteiger partial charge is 0.256 e. The van der Waals surface area contributed by atoms with Crippen molar-refractivity contribution in [2.24, 2.45) is 0 Å². The summed E-state index contributed by atoms with van der Waals surface area (Å²) in [7, 11) is 3.94. The fraction of sp³-hybridized carbons (Fsp3) is 0.118. The van der Waals surface area contributed by atoms with Crippen molar-refractivity contribution in [1.29, 1.82) is 0 Å². The molecule has 0 radical (unpaired) electrons. The van der Waals surface area contributed by atoms with Gasteiger partial charge < -0.3 is 10.2 Å². The molecule has 0 spiro atoms. The third-order valence-electron chi connectivity index (χ3n) is 3.49. The van der Waals surface area contributed by atoms with Gasteiger partial charge in [-0.25, -0.2) is 4.39 Å². The summed E-state index contributed by atoms with van der Waals surface area (Å²) in [5.74, 6) is -0.550. The molecule has 2 aromatic rings. The molecule has 0 atom stereocenters. The molecule has 21 heavy (non-hydrogen) atoms. The normalized spacial score (nSPS) is 15.0. The molecule has 0 aromatic heterocycles. The molecule has 1 amide bonds. The number of halogens is 1. The highest BCUT2D eigenvalue weighted by atomic mass is 19.1. The van der Waals surface area contributed by atoms with Gasteiger partial charge in [0.1, 0.15) is 5.82 Å². The molecule has 0 bridgehead atoms. The zero-order chi connectivity index (χ0) is 15.0. The lowest BCUT2D eigenvalue weighted by Crippen LogP contribution is -2.08. The summed E-state index contributed by atoms with van der Waals surface area (Å²) >= 11 is 0. The fourth-order valence-corrected chi connectivity index (χ4v) is 2.34. The number of hydrogen-bond donors (Lipinski definition) is 1. The quantitative estimate of drug-likeness (QED) is 0.856. The molecule has 0 saturated carbocycles. The first-order chi connectivity index (χ1) is 10.0. The lowest BCUT2D eigenvalue weighted by molar-refractivity contribution is -0.110. The van der Waals surface area contributed by atoms with Gasteiger partial charge in [-0.1, -0.05) is 12.1 Å². The highest BCUT2D eigenvalue weighted by Gasteiger charge is 2.24. The van der Waals surface area contributed by atoms with Gasteiger partial charge in [0.05, 0.1) is 0 Å². The SMILES string of the molecule is CN(C)c1ccc(/C=C2/C(=O)Nc3ccc(F)cc32)cc1. The Bertz CT molecular complexity index is 733. The Balaban J connectivity index is 2.00. The molecule has 1 aliphatic heterocycles. The predicted molar refractivity (Wildman–Crippen MR) is 83.7 cm³/mol. The predicted octanol–water partition coefficient (Wildman–Crippen LogP) is 3.38. The van der Waals surface area contributed by atoms with Crippen LogP contribution in [0.25, 0.3) is 11.6 Å². The maximum absolute atomic E-state index is 13.4. The molecule has 3 rings (SSSR count). The average Bonchev–Trinajstić information content (AvgIpc) is 2.76. The van der Waals surface area contributed by atoms with Crippen LogP contribution in [0.15, 0.2) is 42.5 Å². The van der Waals surface area contributed by atoms with E-state index in [2.05, 4.69) is 5.32 Å². The van der Waals surface area contributed by atoms with E-state index in [-0.39, 0.29) is 11.7 Å². The van der Waals surface area contributed by atoms with E-state index in [0.717, 1.165) is 11.3 Å². The minimum absolute atomic E-state index is 0.202. The van der Waals surface area contributed by atoms with Crippen LogP contribution in [0, 0.1) is 5.82 Å². The Hall–Kier alpha value is -2.62. The molecule has 4 heteroatoms.